The summed E-state index contributed by atoms with van der Waals surface area (Å²) in [7, 11) is 0. The van der Waals surface area contributed by atoms with Crippen LogP contribution in [0.5, 0.6) is 0 Å². The van der Waals surface area contributed by atoms with E-state index in [2.05, 4.69) is 22.5 Å². The minimum absolute atomic E-state index is 0.436. The summed E-state index contributed by atoms with van der Waals surface area (Å²) in [4.78, 5) is 2.55. The summed E-state index contributed by atoms with van der Waals surface area (Å²) in [6.45, 7) is 5.21. The van der Waals surface area contributed by atoms with Gasteiger partial charge in [0.1, 0.15) is 0 Å². The van der Waals surface area contributed by atoms with Gasteiger partial charge in [0, 0.05) is 24.8 Å². The average molecular weight is 373 g/mol. The Hall–Kier alpha value is -1.34. The van der Waals surface area contributed by atoms with Gasteiger partial charge >= 0.3 is 6.18 Å². The average Bonchev–Trinajstić information content (AvgIpc) is 2.58. The first-order valence-electron chi connectivity index (χ1n) is 8.86. The van der Waals surface area contributed by atoms with Crippen LogP contribution in [-0.4, -0.2) is 35.7 Å². The highest BCUT2D eigenvalue weighted by Gasteiger charge is 2.29. The van der Waals surface area contributed by atoms with E-state index in [9.17, 15) is 13.2 Å². The van der Waals surface area contributed by atoms with Crippen molar-refractivity contribution >= 4 is 23.0 Å². The SMILES string of the molecule is CCC1CCCCN1CCCNC(=S)Nc1ccc(C(F)(F)F)cc1. The van der Waals surface area contributed by atoms with Crippen molar-refractivity contribution in [3.8, 4) is 0 Å². The summed E-state index contributed by atoms with van der Waals surface area (Å²) in [5, 5.41) is 6.47. The molecule has 25 heavy (non-hydrogen) atoms. The van der Waals surface area contributed by atoms with Crippen molar-refractivity contribution in [2.45, 2.75) is 51.2 Å². The zero-order chi connectivity index (χ0) is 18.3. The predicted octanol–water partition coefficient (Wildman–Crippen LogP) is 4.65. The minimum atomic E-state index is -4.32. The van der Waals surface area contributed by atoms with E-state index in [1.165, 1.54) is 44.4 Å². The molecular formula is C18H26F3N3S. The molecule has 2 N–H and O–H groups in total. The summed E-state index contributed by atoms with van der Waals surface area (Å²) in [5.41, 5.74) is -0.114. The molecule has 140 valence electrons. The van der Waals surface area contributed by atoms with Crippen molar-refractivity contribution < 1.29 is 13.2 Å². The Kier molecular flexibility index (Phi) is 7.50. The van der Waals surface area contributed by atoms with E-state index in [-0.39, 0.29) is 0 Å². The molecule has 7 heteroatoms. The lowest BCUT2D eigenvalue weighted by molar-refractivity contribution is -0.137. The molecule has 0 spiro atoms. The highest BCUT2D eigenvalue weighted by Crippen LogP contribution is 2.29. The molecule has 1 atom stereocenters. The molecule has 3 nitrogen and oxygen atoms in total. The Labute approximate surface area is 153 Å². The van der Waals surface area contributed by atoms with E-state index >= 15 is 0 Å². The van der Waals surface area contributed by atoms with Crippen LogP contribution in [0.4, 0.5) is 18.9 Å². The number of hydrogen-bond acceptors (Lipinski definition) is 2. The van der Waals surface area contributed by atoms with Crippen LogP contribution in [0.2, 0.25) is 0 Å². The molecule has 1 saturated heterocycles. The molecule has 0 bridgehead atoms. The molecule has 0 aliphatic carbocycles. The van der Waals surface area contributed by atoms with Crippen molar-refractivity contribution in [1.29, 1.82) is 0 Å². The second-order valence-electron chi connectivity index (χ2n) is 6.40. The number of hydrogen-bond donors (Lipinski definition) is 2. The van der Waals surface area contributed by atoms with Gasteiger partial charge in [-0.15, -0.1) is 0 Å². The van der Waals surface area contributed by atoms with Gasteiger partial charge in [0.2, 0.25) is 0 Å². The standard InChI is InChI=1S/C18H26F3N3S/c1-2-16-6-3-4-12-24(16)13-5-11-22-17(25)23-15-9-7-14(8-10-15)18(19,20)21/h7-10,16H,2-6,11-13H2,1H3,(H2,22,23,25). The van der Waals surface area contributed by atoms with E-state index in [4.69, 9.17) is 12.2 Å². The third kappa shape index (κ3) is 6.47. The number of rotatable bonds is 6. The fraction of sp³-hybridized carbons (Fsp3) is 0.611. The summed E-state index contributed by atoms with van der Waals surface area (Å²) in [6.07, 6.45) is 1.76. The summed E-state index contributed by atoms with van der Waals surface area (Å²) < 4.78 is 37.6. The Morgan fingerprint density at radius 1 is 1.24 bits per heavy atom. The highest BCUT2D eigenvalue weighted by molar-refractivity contribution is 7.80. The van der Waals surface area contributed by atoms with E-state index < -0.39 is 11.7 Å². The summed E-state index contributed by atoms with van der Waals surface area (Å²) in [5.74, 6) is 0. The van der Waals surface area contributed by atoms with Gasteiger partial charge in [-0.2, -0.15) is 13.2 Å². The number of nitrogens with zero attached hydrogens (tertiary/aromatic N) is 1. The van der Waals surface area contributed by atoms with E-state index in [0.717, 1.165) is 31.6 Å². The lowest BCUT2D eigenvalue weighted by Gasteiger charge is -2.35. The number of halogens is 3. The van der Waals surface area contributed by atoms with E-state index in [1.807, 2.05) is 0 Å². The van der Waals surface area contributed by atoms with Gasteiger partial charge in [-0.25, -0.2) is 0 Å². The Morgan fingerprint density at radius 2 is 1.96 bits per heavy atom. The molecule has 0 aromatic heterocycles. The fourth-order valence-corrected chi connectivity index (χ4v) is 3.44. The van der Waals surface area contributed by atoms with Gasteiger partial charge in [0.25, 0.3) is 0 Å². The monoisotopic (exact) mass is 373 g/mol. The van der Waals surface area contributed by atoms with Gasteiger partial charge < -0.3 is 15.5 Å². The first-order chi connectivity index (χ1) is 11.9. The molecule has 0 amide bonds. The van der Waals surface area contributed by atoms with Gasteiger partial charge in [-0.1, -0.05) is 13.3 Å². The smallest absolute Gasteiger partial charge is 0.362 e. The van der Waals surface area contributed by atoms with Crippen LogP contribution < -0.4 is 10.6 Å². The Bertz CT molecular complexity index is 545. The first kappa shape index (κ1) is 20.0. The number of thiocarbonyl (C=S) groups is 1. The number of benzene rings is 1. The van der Waals surface area contributed by atoms with E-state index in [1.54, 1.807) is 0 Å². The molecule has 1 aliphatic rings. The van der Waals surface area contributed by atoms with Crippen LogP contribution in [0.15, 0.2) is 24.3 Å². The highest BCUT2D eigenvalue weighted by atomic mass is 32.1. The Morgan fingerprint density at radius 3 is 2.60 bits per heavy atom. The molecule has 1 fully saturated rings. The lowest BCUT2D eigenvalue weighted by Crippen LogP contribution is -2.40. The molecule has 1 heterocycles. The maximum atomic E-state index is 12.5. The maximum absolute atomic E-state index is 12.5. The Balaban J connectivity index is 1.68. The molecule has 2 rings (SSSR count). The first-order valence-corrected chi connectivity index (χ1v) is 9.27. The fourth-order valence-electron chi connectivity index (χ4n) is 3.22. The molecule has 1 aromatic carbocycles. The van der Waals surface area contributed by atoms with Gasteiger partial charge in [-0.3, -0.25) is 0 Å². The molecule has 1 aliphatic heterocycles. The summed E-state index contributed by atoms with van der Waals surface area (Å²) >= 11 is 5.20. The van der Waals surface area contributed by atoms with Crippen LogP contribution in [0.3, 0.4) is 0 Å². The maximum Gasteiger partial charge on any atom is 0.416 e. The van der Waals surface area contributed by atoms with Gasteiger partial charge in [0.05, 0.1) is 5.56 Å². The molecule has 0 radical (unpaired) electrons. The van der Waals surface area contributed by atoms with Crippen molar-refractivity contribution in [2.24, 2.45) is 0 Å². The van der Waals surface area contributed by atoms with Crippen LogP contribution in [0.1, 0.15) is 44.6 Å². The summed E-state index contributed by atoms with van der Waals surface area (Å²) in [6, 6.07) is 5.57. The largest absolute Gasteiger partial charge is 0.416 e. The third-order valence-electron chi connectivity index (χ3n) is 4.60. The van der Waals surface area contributed by atoms with Crippen LogP contribution in [0.25, 0.3) is 0 Å². The minimum Gasteiger partial charge on any atom is -0.362 e. The number of piperidine rings is 1. The van der Waals surface area contributed by atoms with Crippen molar-refractivity contribution in [3.63, 3.8) is 0 Å². The van der Waals surface area contributed by atoms with Crippen molar-refractivity contribution in [2.75, 3.05) is 25.0 Å². The van der Waals surface area contributed by atoms with E-state index in [0.29, 0.717) is 16.8 Å². The molecule has 1 unspecified atom stereocenters. The zero-order valence-corrected chi connectivity index (χ0v) is 15.3. The van der Waals surface area contributed by atoms with Crippen molar-refractivity contribution in [1.82, 2.24) is 10.2 Å². The second kappa shape index (κ2) is 9.38. The predicted molar refractivity (Wildman–Crippen MR) is 99.8 cm³/mol. The van der Waals surface area contributed by atoms with Gasteiger partial charge in [-0.05, 0) is 68.7 Å². The molecular weight excluding hydrogens is 347 g/mol. The van der Waals surface area contributed by atoms with Gasteiger partial charge in [0.15, 0.2) is 5.11 Å². The normalized spacial score (nSPS) is 18.8. The topological polar surface area (TPSA) is 27.3 Å². The molecule has 0 saturated carbocycles. The number of nitrogens with one attached hydrogen (secondary N) is 2. The van der Waals surface area contributed by atoms with Crippen molar-refractivity contribution in [3.05, 3.63) is 29.8 Å². The zero-order valence-electron chi connectivity index (χ0n) is 14.5. The lowest BCUT2D eigenvalue weighted by atomic mass is 10.00. The van der Waals surface area contributed by atoms with Crippen LogP contribution in [-0.2, 0) is 6.18 Å². The molecule has 1 aromatic rings. The second-order valence-corrected chi connectivity index (χ2v) is 6.81. The van der Waals surface area contributed by atoms with Crippen LogP contribution in [0, 0.1) is 0 Å². The third-order valence-corrected chi connectivity index (χ3v) is 4.84. The van der Waals surface area contributed by atoms with Crippen LogP contribution >= 0.6 is 12.2 Å². The number of alkyl halides is 3. The quantitative estimate of drug-likeness (QED) is 0.561. The number of likely N-dealkylation sites (tertiary alicyclic amines) is 1. The number of anilines is 1.